The van der Waals surface area contributed by atoms with Crippen LogP contribution in [0.4, 0.5) is 4.39 Å². The van der Waals surface area contributed by atoms with E-state index >= 15 is 0 Å². The highest BCUT2D eigenvalue weighted by molar-refractivity contribution is 7.96. The van der Waals surface area contributed by atoms with Crippen molar-refractivity contribution in [3.63, 3.8) is 0 Å². The van der Waals surface area contributed by atoms with Crippen LogP contribution in [0, 0.1) is 5.82 Å². The van der Waals surface area contributed by atoms with Gasteiger partial charge in [-0.2, -0.15) is 0 Å². The number of hydrogen-bond acceptors (Lipinski definition) is 4. The number of aromatic amines is 1. The number of halogens is 1. The average molecular weight is 408 g/mol. The Morgan fingerprint density at radius 1 is 1.07 bits per heavy atom. The fourth-order valence-corrected chi connectivity index (χ4v) is 4.77. The number of piperidine rings is 1. The maximum absolute atomic E-state index is 13.5. The van der Waals surface area contributed by atoms with Crippen molar-refractivity contribution in [3.05, 3.63) is 60.9 Å². The number of nitrogens with zero attached hydrogens (tertiary/aromatic N) is 4. The molecule has 1 fully saturated rings. The van der Waals surface area contributed by atoms with E-state index < -0.39 is 0 Å². The van der Waals surface area contributed by atoms with E-state index in [0.717, 1.165) is 59.5 Å². The number of hydrogen-bond donors (Lipinski definition) is 1. The van der Waals surface area contributed by atoms with Crippen LogP contribution in [0.3, 0.4) is 0 Å². The quantitative estimate of drug-likeness (QED) is 0.476. The molecule has 1 aliphatic heterocycles. The van der Waals surface area contributed by atoms with Crippen molar-refractivity contribution in [2.45, 2.75) is 18.9 Å². The van der Waals surface area contributed by atoms with Crippen molar-refractivity contribution in [3.8, 4) is 22.5 Å². The molecule has 148 valence electrons. The van der Waals surface area contributed by atoms with E-state index in [1.54, 1.807) is 12.1 Å². The molecule has 1 aliphatic rings. The van der Waals surface area contributed by atoms with Gasteiger partial charge in [0.05, 0.1) is 17.7 Å². The highest BCUT2D eigenvalue weighted by atomic mass is 32.2. The first-order valence-corrected chi connectivity index (χ1v) is 11.0. The van der Waals surface area contributed by atoms with Gasteiger partial charge in [-0.3, -0.25) is 4.31 Å². The van der Waals surface area contributed by atoms with Crippen LogP contribution in [0.1, 0.15) is 18.9 Å². The first-order chi connectivity index (χ1) is 14.2. The number of H-pyrrole nitrogens is 1. The standard InChI is InChI=1S/C22H22FN5S/c1-29-27-12-8-17(9-13-27)28-14-26-20(15-2-4-16(23)5-3-15)21(28)18-6-10-24-22-19(18)7-11-25-22/h2-7,10-11,14,17H,8-9,12-13H2,1H3,(H,24,25). The van der Waals surface area contributed by atoms with Gasteiger partial charge in [0, 0.05) is 48.0 Å². The minimum absolute atomic E-state index is 0.240. The summed E-state index contributed by atoms with van der Waals surface area (Å²) in [6.45, 7) is 2.12. The van der Waals surface area contributed by atoms with Gasteiger partial charge in [-0.15, -0.1) is 0 Å². The first kappa shape index (κ1) is 18.4. The van der Waals surface area contributed by atoms with Crippen LogP contribution in [0.5, 0.6) is 0 Å². The van der Waals surface area contributed by atoms with Crippen LogP contribution in [0.15, 0.2) is 55.1 Å². The number of rotatable bonds is 4. The predicted octanol–water partition coefficient (Wildman–Crippen LogP) is 5.15. The average Bonchev–Trinajstić information content (AvgIpc) is 3.41. The molecular formula is C22H22FN5S. The van der Waals surface area contributed by atoms with E-state index in [4.69, 9.17) is 4.98 Å². The van der Waals surface area contributed by atoms with Gasteiger partial charge < -0.3 is 9.55 Å². The van der Waals surface area contributed by atoms with Crippen LogP contribution < -0.4 is 0 Å². The summed E-state index contributed by atoms with van der Waals surface area (Å²) in [5, 5.41) is 1.07. The fraction of sp³-hybridized carbons (Fsp3) is 0.273. The van der Waals surface area contributed by atoms with Crippen LogP contribution in [-0.2, 0) is 0 Å². The van der Waals surface area contributed by atoms with Crippen molar-refractivity contribution in [1.82, 2.24) is 23.8 Å². The molecule has 1 aromatic carbocycles. The van der Waals surface area contributed by atoms with Crippen molar-refractivity contribution in [2.24, 2.45) is 0 Å². The molecule has 4 heterocycles. The third kappa shape index (κ3) is 3.34. The number of nitrogens with one attached hydrogen (secondary N) is 1. The number of fused-ring (bicyclic) bond motifs is 1. The number of imidazole rings is 1. The minimum Gasteiger partial charge on any atom is -0.346 e. The van der Waals surface area contributed by atoms with Gasteiger partial charge in [0.1, 0.15) is 11.5 Å². The Labute approximate surface area is 173 Å². The Kier molecular flexibility index (Phi) is 4.85. The first-order valence-electron chi connectivity index (χ1n) is 9.79. The van der Waals surface area contributed by atoms with Gasteiger partial charge in [0.25, 0.3) is 0 Å². The third-order valence-electron chi connectivity index (χ3n) is 5.70. The molecule has 0 atom stereocenters. The molecule has 0 spiro atoms. The minimum atomic E-state index is -0.240. The molecule has 29 heavy (non-hydrogen) atoms. The number of aromatic nitrogens is 4. The van der Waals surface area contributed by atoms with Crippen LogP contribution in [0.2, 0.25) is 0 Å². The maximum Gasteiger partial charge on any atom is 0.137 e. The Morgan fingerprint density at radius 3 is 2.62 bits per heavy atom. The van der Waals surface area contributed by atoms with E-state index in [-0.39, 0.29) is 5.82 Å². The molecule has 0 bridgehead atoms. The molecule has 0 amide bonds. The smallest absolute Gasteiger partial charge is 0.137 e. The summed E-state index contributed by atoms with van der Waals surface area (Å²) in [6.07, 6.45) is 9.98. The van der Waals surface area contributed by atoms with Crippen LogP contribution in [0.25, 0.3) is 33.5 Å². The summed E-state index contributed by atoms with van der Waals surface area (Å²) in [4.78, 5) is 12.4. The largest absolute Gasteiger partial charge is 0.346 e. The Morgan fingerprint density at radius 2 is 1.86 bits per heavy atom. The van der Waals surface area contributed by atoms with Gasteiger partial charge in [-0.1, -0.05) is 11.9 Å². The van der Waals surface area contributed by atoms with Gasteiger partial charge in [-0.25, -0.2) is 14.4 Å². The lowest BCUT2D eigenvalue weighted by Crippen LogP contribution is -2.29. The maximum atomic E-state index is 13.5. The fourth-order valence-electron chi connectivity index (χ4n) is 4.19. The van der Waals surface area contributed by atoms with Crippen LogP contribution in [-0.4, -0.2) is 43.2 Å². The molecule has 4 aromatic rings. The Bertz CT molecular complexity index is 1130. The van der Waals surface area contributed by atoms with E-state index in [2.05, 4.69) is 31.2 Å². The third-order valence-corrected chi connectivity index (χ3v) is 6.58. The molecule has 7 heteroatoms. The lowest BCUT2D eigenvalue weighted by molar-refractivity contribution is 0.293. The van der Waals surface area contributed by atoms with Crippen molar-refractivity contribution < 1.29 is 4.39 Å². The molecule has 5 nitrogen and oxygen atoms in total. The van der Waals surface area contributed by atoms with Gasteiger partial charge >= 0.3 is 0 Å². The van der Waals surface area contributed by atoms with Gasteiger partial charge in [0.15, 0.2) is 0 Å². The molecule has 3 aromatic heterocycles. The zero-order chi connectivity index (χ0) is 19.8. The predicted molar refractivity (Wildman–Crippen MR) is 116 cm³/mol. The van der Waals surface area contributed by atoms with E-state index in [0.29, 0.717) is 6.04 Å². The summed E-state index contributed by atoms with van der Waals surface area (Å²) < 4.78 is 18.2. The lowest BCUT2D eigenvalue weighted by atomic mass is 10.0. The molecule has 1 saturated heterocycles. The van der Waals surface area contributed by atoms with E-state index in [1.807, 2.05) is 36.7 Å². The molecule has 5 rings (SSSR count). The molecule has 0 saturated carbocycles. The van der Waals surface area contributed by atoms with Crippen molar-refractivity contribution >= 4 is 23.0 Å². The van der Waals surface area contributed by atoms with E-state index in [1.165, 1.54) is 12.1 Å². The Hall–Kier alpha value is -2.64. The molecule has 0 aliphatic carbocycles. The Balaban J connectivity index is 1.66. The highest BCUT2D eigenvalue weighted by Crippen LogP contribution is 2.38. The lowest BCUT2D eigenvalue weighted by Gasteiger charge is -2.31. The van der Waals surface area contributed by atoms with Crippen molar-refractivity contribution in [1.29, 1.82) is 0 Å². The summed E-state index contributed by atoms with van der Waals surface area (Å²) in [5.74, 6) is -0.240. The van der Waals surface area contributed by atoms with E-state index in [9.17, 15) is 4.39 Å². The monoisotopic (exact) mass is 407 g/mol. The highest BCUT2D eigenvalue weighted by Gasteiger charge is 2.25. The second-order valence-corrected chi connectivity index (χ2v) is 8.18. The normalized spacial score (nSPS) is 15.9. The summed E-state index contributed by atoms with van der Waals surface area (Å²) >= 11 is 1.81. The molecule has 1 N–H and O–H groups in total. The van der Waals surface area contributed by atoms with Crippen LogP contribution >= 0.6 is 11.9 Å². The number of pyridine rings is 1. The molecular weight excluding hydrogens is 385 g/mol. The second-order valence-electron chi connectivity index (χ2n) is 7.30. The van der Waals surface area contributed by atoms with Gasteiger partial charge in [-0.05, 0) is 55.5 Å². The zero-order valence-corrected chi connectivity index (χ0v) is 17.0. The zero-order valence-electron chi connectivity index (χ0n) is 16.2. The summed E-state index contributed by atoms with van der Waals surface area (Å²) in [5.41, 5.74) is 4.83. The van der Waals surface area contributed by atoms with Gasteiger partial charge in [0.2, 0.25) is 0 Å². The van der Waals surface area contributed by atoms with Crippen molar-refractivity contribution in [2.75, 3.05) is 19.3 Å². The second kappa shape index (κ2) is 7.65. The summed E-state index contributed by atoms with van der Waals surface area (Å²) in [6, 6.07) is 11.1. The molecule has 0 radical (unpaired) electrons. The molecule has 0 unspecified atom stereocenters. The SMILES string of the molecule is CSN1CCC(n2cnc(-c3ccc(F)cc3)c2-c2ccnc3[nH]ccc23)CC1. The topological polar surface area (TPSA) is 49.7 Å². The number of benzene rings is 1. The summed E-state index contributed by atoms with van der Waals surface area (Å²) in [7, 11) is 0.